The summed E-state index contributed by atoms with van der Waals surface area (Å²) in [5.74, 6) is 0.117. The predicted molar refractivity (Wildman–Crippen MR) is 119 cm³/mol. The highest BCUT2D eigenvalue weighted by atomic mass is 35.5. The lowest BCUT2D eigenvalue weighted by Gasteiger charge is -2.37. The van der Waals surface area contributed by atoms with Crippen LogP contribution in [-0.2, 0) is 14.8 Å². The Morgan fingerprint density at radius 2 is 1.83 bits per heavy atom. The molecule has 0 radical (unpaired) electrons. The van der Waals surface area contributed by atoms with Crippen LogP contribution in [-0.4, -0.2) is 81.6 Å². The van der Waals surface area contributed by atoms with Crippen LogP contribution in [0.2, 0.25) is 5.02 Å². The van der Waals surface area contributed by atoms with E-state index in [-0.39, 0.29) is 17.4 Å². The van der Waals surface area contributed by atoms with Gasteiger partial charge in [0.2, 0.25) is 15.9 Å². The summed E-state index contributed by atoms with van der Waals surface area (Å²) in [6, 6.07) is 8.19. The van der Waals surface area contributed by atoms with E-state index in [0.717, 1.165) is 50.6 Å². The van der Waals surface area contributed by atoms with E-state index in [9.17, 15) is 13.2 Å². The Bertz CT molecular complexity index is 878. The van der Waals surface area contributed by atoms with Gasteiger partial charge in [0.05, 0.1) is 11.7 Å². The molecule has 0 aromatic heterocycles. The van der Waals surface area contributed by atoms with Crippen LogP contribution in [0.4, 0.5) is 5.69 Å². The van der Waals surface area contributed by atoms with Crippen LogP contribution in [0.1, 0.15) is 25.7 Å². The van der Waals surface area contributed by atoms with Crippen LogP contribution in [0, 0.1) is 5.41 Å². The zero-order chi connectivity index (χ0) is 21.4. The first kappa shape index (κ1) is 21.9. The van der Waals surface area contributed by atoms with Crippen LogP contribution in [0.5, 0.6) is 0 Å². The van der Waals surface area contributed by atoms with E-state index >= 15 is 0 Å². The average molecular weight is 455 g/mol. The van der Waals surface area contributed by atoms with Crippen LogP contribution >= 0.6 is 11.6 Å². The molecule has 1 N–H and O–H groups in total. The summed E-state index contributed by atoms with van der Waals surface area (Å²) < 4.78 is 25.0. The van der Waals surface area contributed by atoms with E-state index in [1.54, 1.807) is 0 Å². The van der Waals surface area contributed by atoms with Gasteiger partial charge in [-0.2, -0.15) is 0 Å². The monoisotopic (exact) mass is 454 g/mol. The van der Waals surface area contributed by atoms with Crippen molar-refractivity contribution < 1.29 is 13.2 Å². The quantitative estimate of drug-likeness (QED) is 0.734. The van der Waals surface area contributed by atoms with Gasteiger partial charge in [0, 0.05) is 62.6 Å². The van der Waals surface area contributed by atoms with Crippen molar-refractivity contribution >= 4 is 33.2 Å². The minimum atomic E-state index is -3.17. The zero-order valence-corrected chi connectivity index (χ0v) is 19.1. The van der Waals surface area contributed by atoms with Crippen molar-refractivity contribution in [1.29, 1.82) is 0 Å². The molecule has 4 rings (SSSR count). The molecule has 1 amide bonds. The Balaban J connectivity index is 1.24. The first-order chi connectivity index (χ1) is 14.2. The van der Waals surface area contributed by atoms with Gasteiger partial charge in [-0.15, -0.1) is 0 Å². The van der Waals surface area contributed by atoms with Crippen LogP contribution in [0.25, 0.3) is 0 Å². The molecule has 1 aromatic carbocycles. The molecule has 30 heavy (non-hydrogen) atoms. The third-order valence-electron chi connectivity index (χ3n) is 6.94. The van der Waals surface area contributed by atoms with Gasteiger partial charge in [-0.3, -0.25) is 9.69 Å². The van der Waals surface area contributed by atoms with Gasteiger partial charge in [0.1, 0.15) is 0 Å². The zero-order valence-electron chi connectivity index (χ0n) is 17.5. The molecule has 3 aliphatic heterocycles. The molecule has 1 unspecified atom stereocenters. The van der Waals surface area contributed by atoms with Gasteiger partial charge in [-0.1, -0.05) is 17.7 Å². The maximum Gasteiger partial charge on any atom is 0.226 e. The predicted octanol–water partition coefficient (Wildman–Crippen LogP) is 1.78. The molecule has 1 atom stereocenters. The Morgan fingerprint density at radius 3 is 2.47 bits per heavy atom. The van der Waals surface area contributed by atoms with E-state index in [0.29, 0.717) is 25.9 Å². The van der Waals surface area contributed by atoms with Gasteiger partial charge in [-0.25, -0.2) is 12.7 Å². The number of nitrogens with zero attached hydrogens (tertiary/aromatic N) is 3. The molecule has 3 saturated heterocycles. The number of amides is 1. The van der Waals surface area contributed by atoms with E-state index in [4.69, 9.17) is 11.6 Å². The lowest BCUT2D eigenvalue weighted by Crippen LogP contribution is -2.47. The Hall–Kier alpha value is -1.35. The van der Waals surface area contributed by atoms with Crippen molar-refractivity contribution in [2.45, 2.75) is 31.7 Å². The number of piperazine rings is 1. The fourth-order valence-electron chi connectivity index (χ4n) is 5.05. The molecule has 3 fully saturated rings. The number of benzene rings is 1. The van der Waals surface area contributed by atoms with Crippen molar-refractivity contribution in [3.05, 3.63) is 29.3 Å². The molecular formula is C21H31ClN4O3S. The number of sulfonamides is 1. The van der Waals surface area contributed by atoms with Crippen molar-refractivity contribution in [2.75, 3.05) is 57.0 Å². The van der Waals surface area contributed by atoms with Crippen LogP contribution < -0.4 is 10.2 Å². The fourth-order valence-corrected chi connectivity index (χ4v) is 6.08. The number of carbonyl (C=O) groups excluding carboxylic acids is 1. The third-order valence-corrected chi connectivity index (χ3v) is 8.48. The Kier molecular flexibility index (Phi) is 6.30. The number of piperidine rings is 1. The summed E-state index contributed by atoms with van der Waals surface area (Å²) in [7, 11) is -3.17. The number of hydrogen-bond acceptors (Lipinski definition) is 5. The maximum atomic E-state index is 12.7. The highest BCUT2D eigenvalue weighted by Crippen LogP contribution is 2.41. The normalized spacial score (nSPS) is 25.6. The Morgan fingerprint density at radius 1 is 1.13 bits per heavy atom. The number of nitrogens with one attached hydrogen (secondary N) is 1. The fraction of sp³-hybridized carbons (Fsp3) is 0.667. The van der Waals surface area contributed by atoms with E-state index in [1.165, 1.54) is 16.2 Å². The molecule has 9 heteroatoms. The average Bonchev–Trinajstić information content (AvgIpc) is 3.01. The van der Waals surface area contributed by atoms with Gasteiger partial charge >= 0.3 is 0 Å². The summed E-state index contributed by atoms with van der Waals surface area (Å²) in [4.78, 5) is 17.5. The smallest absolute Gasteiger partial charge is 0.226 e. The second-order valence-electron chi connectivity index (χ2n) is 8.91. The summed E-state index contributed by atoms with van der Waals surface area (Å²) >= 11 is 6.11. The van der Waals surface area contributed by atoms with Gasteiger partial charge in [0.15, 0.2) is 0 Å². The van der Waals surface area contributed by atoms with Gasteiger partial charge < -0.3 is 10.2 Å². The number of rotatable bonds is 5. The van der Waals surface area contributed by atoms with Gasteiger partial charge in [-0.05, 0) is 43.9 Å². The standard InChI is InChI=1S/C21H31ClN4O3S/c1-30(28,29)26-9-6-21(7-10-26)16-18(23-20(21)27)5-8-24-11-13-25(14-12-24)19-4-2-3-17(22)15-19/h2-4,15,18H,5-14,16H2,1H3,(H,23,27). The SMILES string of the molecule is CS(=O)(=O)N1CCC2(CC1)CC(CCN1CCN(c3cccc(Cl)c3)CC1)NC2=O. The lowest BCUT2D eigenvalue weighted by molar-refractivity contribution is -0.129. The van der Waals surface area contributed by atoms with Crippen molar-refractivity contribution in [2.24, 2.45) is 5.41 Å². The number of anilines is 1. The molecule has 3 heterocycles. The van der Waals surface area contributed by atoms with Crippen molar-refractivity contribution in [1.82, 2.24) is 14.5 Å². The molecule has 0 aliphatic carbocycles. The topological polar surface area (TPSA) is 73.0 Å². The largest absolute Gasteiger partial charge is 0.369 e. The Labute approximate surface area is 184 Å². The van der Waals surface area contributed by atoms with Crippen LogP contribution in [0.15, 0.2) is 24.3 Å². The molecule has 1 aromatic rings. The lowest BCUT2D eigenvalue weighted by atomic mass is 9.76. The molecule has 0 bridgehead atoms. The van der Waals surface area contributed by atoms with Crippen LogP contribution in [0.3, 0.4) is 0 Å². The second kappa shape index (κ2) is 8.65. The molecule has 0 saturated carbocycles. The summed E-state index contributed by atoms with van der Waals surface area (Å²) in [6.07, 6.45) is 4.27. The van der Waals surface area contributed by atoms with Gasteiger partial charge in [0.25, 0.3) is 0 Å². The minimum Gasteiger partial charge on any atom is -0.369 e. The summed E-state index contributed by atoms with van der Waals surface area (Å²) in [5.41, 5.74) is 0.796. The van der Waals surface area contributed by atoms with E-state index in [2.05, 4.69) is 21.2 Å². The van der Waals surface area contributed by atoms with Crippen molar-refractivity contribution in [3.63, 3.8) is 0 Å². The highest BCUT2D eigenvalue weighted by Gasteiger charge is 2.48. The highest BCUT2D eigenvalue weighted by molar-refractivity contribution is 7.88. The number of carbonyl (C=O) groups is 1. The molecule has 7 nitrogen and oxygen atoms in total. The molecule has 1 spiro atoms. The molecule has 3 aliphatic rings. The number of hydrogen-bond donors (Lipinski definition) is 1. The number of halogens is 1. The van der Waals surface area contributed by atoms with Crippen molar-refractivity contribution in [3.8, 4) is 0 Å². The third kappa shape index (κ3) is 4.77. The van der Waals surface area contributed by atoms with E-state index in [1.807, 2.05) is 18.2 Å². The molecular weight excluding hydrogens is 424 g/mol. The summed E-state index contributed by atoms with van der Waals surface area (Å²) in [5, 5.41) is 3.96. The first-order valence-electron chi connectivity index (χ1n) is 10.7. The summed E-state index contributed by atoms with van der Waals surface area (Å²) in [6.45, 7) is 5.82. The van der Waals surface area contributed by atoms with E-state index < -0.39 is 10.0 Å². The minimum absolute atomic E-state index is 0.117. The second-order valence-corrected chi connectivity index (χ2v) is 11.3. The maximum absolute atomic E-state index is 12.7. The molecule has 166 valence electrons. The first-order valence-corrected chi connectivity index (χ1v) is 13.0.